The molecule has 2 fully saturated rings. The van der Waals surface area contributed by atoms with E-state index in [9.17, 15) is 4.79 Å². The smallest absolute Gasteiger partial charge is 0.249 e. The van der Waals surface area contributed by atoms with Gasteiger partial charge in [0.05, 0.1) is 12.7 Å². The van der Waals surface area contributed by atoms with Gasteiger partial charge in [-0.3, -0.25) is 4.79 Å². The van der Waals surface area contributed by atoms with Gasteiger partial charge >= 0.3 is 0 Å². The molecule has 0 aromatic rings. The molecule has 0 aromatic carbocycles. The van der Waals surface area contributed by atoms with Gasteiger partial charge in [-0.25, -0.2) is 0 Å². The van der Waals surface area contributed by atoms with E-state index in [2.05, 4.69) is 10.6 Å². The molecule has 0 spiro atoms. The summed E-state index contributed by atoms with van der Waals surface area (Å²) in [5.74, 6) is -0.0143. The first-order valence-corrected chi connectivity index (χ1v) is 7.00. The third-order valence-corrected chi connectivity index (χ3v) is 3.58. The Kier molecular flexibility index (Phi) is 5.41. The van der Waals surface area contributed by atoms with E-state index < -0.39 is 6.10 Å². The van der Waals surface area contributed by atoms with Gasteiger partial charge in [-0.05, 0) is 39.2 Å². The van der Waals surface area contributed by atoms with Crippen LogP contribution in [0.15, 0.2) is 0 Å². The number of rotatable bonds is 5. The van der Waals surface area contributed by atoms with Crippen molar-refractivity contribution in [1.82, 2.24) is 10.6 Å². The molecule has 2 aliphatic rings. The summed E-state index contributed by atoms with van der Waals surface area (Å²) in [5.41, 5.74) is 0. The Morgan fingerprint density at radius 3 is 3.06 bits per heavy atom. The molecule has 5 heteroatoms. The van der Waals surface area contributed by atoms with Crippen LogP contribution in [-0.2, 0) is 14.3 Å². The molecule has 2 rings (SSSR count). The van der Waals surface area contributed by atoms with E-state index in [4.69, 9.17) is 9.47 Å². The van der Waals surface area contributed by atoms with Gasteiger partial charge in [0, 0.05) is 19.2 Å². The van der Waals surface area contributed by atoms with Crippen LogP contribution in [0.5, 0.6) is 0 Å². The van der Waals surface area contributed by atoms with Crippen molar-refractivity contribution in [2.45, 2.75) is 50.9 Å². The Morgan fingerprint density at radius 2 is 2.39 bits per heavy atom. The average Bonchev–Trinajstić information content (AvgIpc) is 2.90. The van der Waals surface area contributed by atoms with Gasteiger partial charge in [-0.2, -0.15) is 0 Å². The van der Waals surface area contributed by atoms with Crippen LogP contribution < -0.4 is 10.6 Å². The highest BCUT2D eigenvalue weighted by molar-refractivity contribution is 5.80. The number of nitrogens with one attached hydrogen (secondary N) is 2. The maximum Gasteiger partial charge on any atom is 0.249 e. The number of ether oxygens (including phenoxy) is 2. The number of hydrogen-bond donors (Lipinski definition) is 2. The quantitative estimate of drug-likeness (QED) is 0.749. The summed E-state index contributed by atoms with van der Waals surface area (Å²) >= 11 is 0. The first kappa shape index (κ1) is 13.8. The summed E-state index contributed by atoms with van der Waals surface area (Å²) in [6, 6.07) is 0.259. The number of hydrogen-bond acceptors (Lipinski definition) is 4. The van der Waals surface area contributed by atoms with Gasteiger partial charge in [0.2, 0.25) is 5.91 Å². The van der Waals surface area contributed by atoms with Gasteiger partial charge in [-0.15, -0.1) is 0 Å². The second-order valence-corrected chi connectivity index (χ2v) is 5.16. The third kappa shape index (κ3) is 4.23. The second kappa shape index (κ2) is 7.07. The van der Waals surface area contributed by atoms with Crippen LogP contribution in [0, 0.1) is 0 Å². The van der Waals surface area contributed by atoms with E-state index in [0.717, 1.165) is 39.0 Å². The zero-order valence-corrected chi connectivity index (χ0v) is 11.1. The summed E-state index contributed by atoms with van der Waals surface area (Å²) in [4.78, 5) is 11.9. The molecule has 2 heterocycles. The van der Waals surface area contributed by atoms with Crippen molar-refractivity contribution in [3.8, 4) is 0 Å². The lowest BCUT2D eigenvalue weighted by atomic mass is 10.1. The van der Waals surface area contributed by atoms with Crippen molar-refractivity contribution >= 4 is 5.91 Å². The van der Waals surface area contributed by atoms with Crippen LogP contribution in [0.25, 0.3) is 0 Å². The molecule has 0 radical (unpaired) electrons. The predicted molar refractivity (Wildman–Crippen MR) is 68.4 cm³/mol. The van der Waals surface area contributed by atoms with E-state index in [-0.39, 0.29) is 18.1 Å². The van der Waals surface area contributed by atoms with Crippen LogP contribution in [0.4, 0.5) is 0 Å². The molecule has 3 atom stereocenters. The number of amides is 1. The second-order valence-electron chi connectivity index (χ2n) is 5.16. The van der Waals surface area contributed by atoms with E-state index >= 15 is 0 Å². The zero-order valence-electron chi connectivity index (χ0n) is 11.1. The number of carbonyl (C=O) groups is 1. The minimum Gasteiger partial charge on any atom is -0.376 e. The third-order valence-electron chi connectivity index (χ3n) is 3.58. The molecule has 18 heavy (non-hydrogen) atoms. The topological polar surface area (TPSA) is 59.6 Å². The molecule has 104 valence electrons. The Labute approximate surface area is 109 Å². The molecular weight excluding hydrogens is 232 g/mol. The molecule has 2 N–H and O–H groups in total. The first-order valence-electron chi connectivity index (χ1n) is 7.00. The fourth-order valence-electron chi connectivity index (χ4n) is 2.36. The summed E-state index contributed by atoms with van der Waals surface area (Å²) < 4.78 is 11.2. The van der Waals surface area contributed by atoms with Crippen molar-refractivity contribution in [3.63, 3.8) is 0 Å². The monoisotopic (exact) mass is 256 g/mol. The maximum absolute atomic E-state index is 11.9. The highest BCUT2D eigenvalue weighted by atomic mass is 16.5. The maximum atomic E-state index is 11.9. The molecule has 2 aliphatic heterocycles. The van der Waals surface area contributed by atoms with Crippen molar-refractivity contribution in [2.24, 2.45) is 0 Å². The highest BCUT2D eigenvalue weighted by Crippen LogP contribution is 2.13. The minimum atomic E-state index is -0.392. The Morgan fingerprint density at radius 1 is 1.50 bits per heavy atom. The molecule has 3 unspecified atom stereocenters. The lowest BCUT2D eigenvalue weighted by Crippen LogP contribution is -2.43. The van der Waals surface area contributed by atoms with E-state index in [1.807, 2.05) is 0 Å². The summed E-state index contributed by atoms with van der Waals surface area (Å²) in [7, 11) is 0. The van der Waals surface area contributed by atoms with Gasteiger partial charge in [0.1, 0.15) is 6.10 Å². The van der Waals surface area contributed by atoms with Gasteiger partial charge in [0.25, 0.3) is 0 Å². The highest BCUT2D eigenvalue weighted by Gasteiger charge is 2.22. The fraction of sp³-hybridized carbons (Fsp3) is 0.923. The molecule has 0 aromatic heterocycles. The number of carbonyl (C=O) groups excluding carboxylic acids is 1. The van der Waals surface area contributed by atoms with Crippen molar-refractivity contribution in [2.75, 3.05) is 26.3 Å². The van der Waals surface area contributed by atoms with E-state index in [1.165, 1.54) is 6.42 Å². The van der Waals surface area contributed by atoms with Crippen LogP contribution in [-0.4, -0.2) is 50.5 Å². The molecule has 0 bridgehead atoms. The van der Waals surface area contributed by atoms with Gasteiger partial charge < -0.3 is 20.1 Å². The van der Waals surface area contributed by atoms with Crippen LogP contribution in [0.2, 0.25) is 0 Å². The largest absolute Gasteiger partial charge is 0.376 e. The molecular formula is C13H24N2O3. The Balaban J connectivity index is 1.63. The van der Waals surface area contributed by atoms with Gasteiger partial charge in [-0.1, -0.05) is 0 Å². The minimum absolute atomic E-state index is 0.0143. The summed E-state index contributed by atoms with van der Waals surface area (Å²) in [6.07, 6.45) is 4.16. The lowest BCUT2D eigenvalue weighted by Gasteiger charge is -2.24. The summed E-state index contributed by atoms with van der Waals surface area (Å²) in [6.45, 7) is 5.00. The van der Waals surface area contributed by atoms with Crippen molar-refractivity contribution < 1.29 is 14.3 Å². The molecule has 0 saturated carbocycles. The molecule has 2 saturated heterocycles. The van der Waals surface area contributed by atoms with Crippen LogP contribution >= 0.6 is 0 Å². The van der Waals surface area contributed by atoms with Crippen LogP contribution in [0.3, 0.4) is 0 Å². The van der Waals surface area contributed by atoms with Crippen molar-refractivity contribution in [1.29, 1.82) is 0 Å². The van der Waals surface area contributed by atoms with Crippen LogP contribution in [0.1, 0.15) is 32.6 Å². The zero-order chi connectivity index (χ0) is 12.8. The van der Waals surface area contributed by atoms with Gasteiger partial charge in [0.15, 0.2) is 0 Å². The lowest BCUT2D eigenvalue weighted by molar-refractivity contribution is -0.136. The summed E-state index contributed by atoms with van der Waals surface area (Å²) in [5, 5.41) is 6.22. The standard InChI is InChI=1S/C13H24N2O3/c1-10(13(16)15-11-5-6-14-8-11)18-9-12-4-2-3-7-17-12/h10-12,14H,2-9H2,1H3,(H,15,16). The predicted octanol–water partition coefficient (Wildman–Crippen LogP) is 0.439. The Bertz CT molecular complexity index is 261. The molecule has 0 aliphatic carbocycles. The van der Waals surface area contributed by atoms with E-state index in [0.29, 0.717) is 6.61 Å². The molecule has 5 nitrogen and oxygen atoms in total. The SMILES string of the molecule is CC(OCC1CCCCO1)C(=O)NC1CCNC1. The van der Waals surface area contributed by atoms with E-state index in [1.54, 1.807) is 6.92 Å². The normalized spacial score (nSPS) is 30.1. The Hall–Kier alpha value is -0.650. The average molecular weight is 256 g/mol. The van der Waals surface area contributed by atoms with Crippen molar-refractivity contribution in [3.05, 3.63) is 0 Å². The molecule has 1 amide bonds. The fourth-order valence-corrected chi connectivity index (χ4v) is 2.36. The first-order chi connectivity index (χ1) is 8.75.